The zero-order chi connectivity index (χ0) is 13.7. The topological polar surface area (TPSA) is 20.2 Å². The molecule has 0 aliphatic carbocycles. The largest absolute Gasteiger partial charge is 0.388 e. The quantitative estimate of drug-likeness (QED) is 0.848. The van der Waals surface area contributed by atoms with Crippen LogP contribution in [-0.2, 0) is 12.8 Å². The number of aryl methyl sites for hydroxylation is 1. The van der Waals surface area contributed by atoms with Crippen LogP contribution in [0.4, 0.5) is 0 Å². The highest BCUT2D eigenvalue weighted by Gasteiger charge is 2.08. The van der Waals surface area contributed by atoms with Gasteiger partial charge in [0, 0.05) is 10.9 Å². The summed E-state index contributed by atoms with van der Waals surface area (Å²) in [6, 6.07) is 16.4. The predicted molar refractivity (Wildman–Crippen MR) is 83.2 cm³/mol. The molecule has 0 saturated carbocycles. The summed E-state index contributed by atoms with van der Waals surface area (Å²) in [5.74, 6) is 0. The Kier molecular flexibility index (Phi) is 5.17. The van der Waals surface area contributed by atoms with E-state index in [0.717, 1.165) is 28.4 Å². The minimum atomic E-state index is -0.440. The van der Waals surface area contributed by atoms with Crippen LogP contribution in [0.25, 0.3) is 0 Å². The van der Waals surface area contributed by atoms with E-state index < -0.39 is 6.10 Å². The third-order valence-corrected chi connectivity index (χ3v) is 3.71. The van der Waals surface area contributed by atoms with Gasteiger partial charge >= 0.3 is 0 Å². The van der Waals surface area contributed by atoms with E-state index in [1.54, 1.807) is 0 Å². The van der Waals surface area contributed by atoms with Gasteiger partial charge in [0.15, 0.2) is 0 Å². The number of rotatable bonds is 5. The lowest BCUT2D eigenvalue weighted by Gasteiger charge is -2.12. The van der Waals surface area contributed by atoms with Gasteiger partial charge in [0.2, 0.25) is 0 Å². The van der Waals surface area contributed by atoms with Crippen LogP contribution in [0.5, 0.6) is 0 Å². The van der Waals surface area contributed by atoms with Crippen molar-refractivity contribution in [3.8, 4) is 0 Å². The first kappa shape index (κ1) is 14.3. The van der Waals surface area contributed by atoms with Crippen molar-refractivity contribution in [2.45, 2.75) is 32.3 Å². The van der Waals surface area contributed by atoms with E-state index in [0.29, 0.717) is 6.42 Å². The molecule has 0 amide bonds. The highest BCUT2D eigenvalue weighted by atomic mass is 79.9. The Labute approximate surface area is 123 Å². The van der Waals surface area contributed by atoms with Gasteiger partial charge in [0.1, 0.15) is 0 Å². The first-order valence-electron chi connectivity index (χ1n) is 6.70. The highest BCUT2D eigenvalue weighted by molar-refractivity contribution is 9.10. The van der Waals surface area contributed by atoms with Crippen molar-refractivity contribution in [1.82, 2.24) is 0 Å². The van der Waals surface area contributed by atoms with Crippen LogP contribution < -0.4 is 0 Å². The Morgan fingerprint density at radius 3 is 2.42 bits per heavy atom. The predicted octanol–water partition coefficient (Wildman–Crippen LogP) is 4.68. The summed E-state index contributed by atoms with van der Waals surface area (Å²) in [5.41, 5.74) is 3.46. The van der Waals surface area contributed by atoms with Gasteiger partial charge in [-0.1, -0.05) is 65.7 Å². The molecule has 2 aromatic carbocycles. The van der Waals surface area contributed by atoms with Crippen molar-refractivity contribution < 1.29 is 5.11 Å². The molecule has 0 heterocycles. The summed E-state index contributed by atoms with van der Waals surface area (Å²) in [6.07, 6.45) is 2.46. The fourth-order valence-corrected chi connectivity index (χ4v) is 2.65. The van der Waals surface area contributed by atoms with E-state index in [4.69, 9.17) is 0 Å². The Hall–Kier alpha value is -1.12. The summed E-state index contributed by atoms with van der Waals surface area (Å²) >= 11 is 3.45. The second-order valence-corrected chi connectivity index (χ2v) is 5.76. The average molecular weight is 319 g/mol. The Bertz CT molecular complexity index is 519. The van der Waals surface area contributed by atoms with E-state index in [-0.39, 0.29) is 0 Å². The maximum absolute atomic E-state index is 10.3. The number of hydrogen-bond acceptors (Lipinski definition) is 1. The van der Waals surface area contributed by atoms with Gasteiger partial charge in [0.05, 0.1) is 6.10 Å². The molecule has 1 unspecified atom stereocenters. The third kappa shape index (κ3) is 4.19. The van der Waals surface area contributed by atoms with E-state index in [9.17, 15) is 5.11 Å². The summed E-state index contributed by atoms with van der Waals surface area (Å²) in [7, 11) is 0. The monoisotopic (exact) mass is 318 g/mol. The van der Waals surface area contributed by atoms with E-state index >= 15 is 0 Å². The van der Waals surface area contributed by atoms with Crippen LogP contribution in [0.3, 0.4) is 0 Å². The fourth-order valence-electron chi connectivity index (χ4n) is 2.20. The SMILES string of the molecule is CCCc1ccc(C(O)Cc2cccc(Br)c2)cc1. The third-order valence-electron chi connectivity index (χ3n) is 3.22. The molecule has 0 bridgehead atoms. The Balaban J connectivity index is 2.05. The zero-order valence-corrected chi connectivity index (χ0v) is 12.7. The molecule has 19 heavy (non-hydrogen) atoms. The van der Waals surface area contributed by atoms with Gasteiger partial charge < -0.3 is 5.11 Å². The summed E-state index contributed by atoms with van der Waals surface area (Å²) < 4.78 is 1.05. The molecule has 2 rings (SSSR count). The van der Waals surface area contributed by atoms with Crippen LogP contribution >= 0.6 is 15.9 Å². The molecule has 100 valence electrons. The summed E-state index contributed by atoms with van der Waals surface area (Å²) in [4.78, 5) is 0. The minimum Gasteiger partial charge on any atom is -0.388 e. The van der Waals surface area contributed by atoms with Crippen molar-refractivity contribution in [2.75, 3.05) is 0 Å². The lowest BCUT2D eigenvalue weighted by atomic mass is 9.99. The van der Waals surface area contributed by atoms with Crippen molar-refractivity contribution in [3.05, 3.63) is 69.7 Å². The molecule has 0 aliphatic heterocycles. The lowest BCUT2D eigenvalue weighted by Crippen LogP contribution is -2.02. The molecule has 1 N–H and O–H groups in total. The van der Waals surface area contributed by atoms with Gasteiger partial charge in [-0.05, 0) is 35.2 Å². The molecular formula is C17H19BrO. The number of halogens is 1. The molecule has 2 aromatic rings. The van der Waals surface area contributed by atoms with Crippen molar-refractivity contribution in [1.29, 1.82) is 0 Å². The van der Waals surface area contributed by atoms with Gasteiger partial charge in [0.25, 0.3) is 0 Å². The maximum atomic E-state index is 10.3. The highest BCUT2D eigenvalue weighted by Crippen LogP contribution is 2.21. The lowest BCUT2D eigenvalue weighted by molar-refractivity contribution is 0.178. The summed E-state index contributed by atoms with van der Waals surface area (Å²) in [6.45, 7) is 2.18. The van der Waals surface area contributed by atoms with Crippen LogP contribution in [0.2, 0.25) is 0 Å². The maximum Gasteiger partial charge on any atom is 0.0830 e. The molecule has 0 fully saturated rings. The van der Waals surface area contributed by atoms with E-state index in [1.807, 2.05) is 30.3 Å². The standard InChI is InChI=1S/C17H19BrO/c1-2-4-13-7-9-15(10-8-13)17(19)12-14-5-3-6-16(18)11-14/h3,5-11,17,19H,2,4,12H2,1H3. The molecule has 0 aliphatic rings. The Morgan fingerprint density at radius 1 is 1.05 bits per heavy atom. The van der Waals surface area contributed by atoms with Crippen LogP contribution in [-0.4, -0.2) is 5.11 Å². The molecular weight excluding hydrogens is 300 g/mol. The number of aliphatic hydroxyl groups excluding tert-OH is 1. The van der Waals surface area contributed by atoms with Gasteiger partial charge in [-0.25, -0.2) is 0 Å². The molecule has 0 radical (unpaired) electrons. The first-order valence-corrected chi connectivity index (χ1v) is 7.49. The van der Waals surface area contributed by atoms with Crippen LogP contribution in [0.15, 0.2) is 53.0 Å². The fraction of sp³-hybridized carbons (Fsp3) is 0.294. The molecule has 0 saturated heterocycles. The molecule has 0 spiro atoms. The number of benzene rings is 2. The first-order chi connectivity index (χ1) is 9.19. The Morgan fingerprint density at radius 2 is 1.79 bits per heavy atom. The normalized spacial score (nSPS) is 12.4. The smallest absolute Gasteiger partial charge is 0.0830 e. The van der Waals surface area contributed by atoms with Crippen LogP contribution in [0.1, 0.15) is 36.1 Å². The molecule has 0 aromatic heterocycles. The number of hydrogen-bond donors (Lipinski definition) is 1. The van der Waals surface area contributed by atoms with E-state index in [1.165, 1.54) is 5.56 Å². The van der Waals surface area contributed by atoms with Crippen molar-refractivity contribution in [2.24, 2.45) is 0 Å². The molecule has 2 heteroatoms. The van der Waals surface area contributed by atoms with Crippen LogP contribution in [0, 0.1) is 0 Å². The van der Waals surface area contributed by atoms with Crippen molar-refractivity contribution >= 4 is 15.9 Å². The van der Waals surface area contributed by atoms with Gasteiger partial charge in [-0.3, -0.25) is 0 Å². The molecule has 1 nitrogen and oxygen atoms in total. The molecule has 1 atom stereocenters. The second kappa shape index (κ2) is 6.88. The summed E-state index contributed by atoms with van der Waals surface area (Å²) in [5, 5.41) is 10.3. The van der Waals surface area contributed by atoms with Crippen molar-refractivity contribution in [3.63, 3.8) is 0 Å². The zero-order valence-electron chi connectivity index (χ0n) is 11.1. The second-order valence-electron chi connectivity index (χ2n) is 4.84. The van der Waals surface area contributed by atoms with E-state index in [2.05, 4.69) is 41.1 Å². The van der Waals surface area contributed by atoms with Gasteiger partial charge in [-0.15, -0.1) is 0 Å². The number of aliphatic hydroxyl groups is 1. The minimum absolute atomic E-state index is 0.440. The average Bonchev–Trinajstić information content (AvgIpc) is 2.40. The van der Waals surface area contributed by atoms with Gasteiger partial charge in [-0.2, -0.15) is 0 Å².